The number of nitrogens with two attached hydrogens (primary N) is 1. The van der Waals surface area contributed by atoms with Crippen LogP contribution in [0.4, 0.5) is 5.69 Å². The van der Waals surface area contributed by atoms with Crippen LogP contribution in [0.25, 0.3) is 15.3 Å². The van der Waals surface area contributed by atoms with Gasteiger partial charge in [0.15, 0.2) is 0 Å². The summed E-state index contributed by atoms with van der Waals surface area (Å²) in [4.78, 5) is 4.54. The number of rotatable bonds is 1. The van der Waals surface area contributed by atoms with Gasteiger partial charge in [0.1, 0.15) is 0 Å². The van der Waals surface area contributed by atoms with Crippen LogP contribution in [0.1, 0.15) is 11.4 Å². The van der Waals surface area contributed by atoms with Gasteiger partial charge in [-0.3, -0.25) is 0 Å². The Bertz CT molecular complexity index is 744. The lowest BCUT2D eigenvalue weighted by Crippen LogP contribution is -1.97. The van der Waals surface area contributed by atoms with E-state index in [4.69, 9.17) is 17.3 Å². The first-order chi connectivity index (χ1) is 8.56. The van der Waals surface area contributed by atoms with Crippen LogP contribution in [0.5, 0.6) is 0 Å². The van der Waals surface area contributed by atoms with Crippen LogP contribution in [0.3, 0.4) is 0 Å². The predicted octanol–water partition coefficient (Wildman–Crippen LogP) is 3.33. The maximum Gasteiger partial charge on any atom is 0.211 e. The van der Waals surface area contributed by atoms with Gasteiger partial charge in [-0.25, -0.2) is 9.67 Å². The molecule has 3 aromatic rings. The molecule has 0 spiro atoms. The van der Waals surface area contributed by atoms with E-state index in [-0.39, 0.29) is 0 Å². The third-order valence-corrected chi connectivity index (χ3v) is 4.33. The highest BCUT2D eigenvalue weighted by Gasteiger charge is 2.14. The fourth-order valence-electron chi connectivity index (χ4n) is 1.83. The molecule has 4 nitrogen and oxygen atoms in total. The molecule has 0 atom stereocenters. The number of aromatic nitrogens is 3. The molecular formula is C12H11ClN4S. The van der Waals surface area contributed by atoms with E-state index in [1.54, 1.807) is 16.0 Å². The highest BCUT2D eigenvalue weighted by atomic mass is 35.5. The van der Waals surface area contributed by atoms with Crippen molar-refractivity contribution in [3.63, 3.8) is 0 Å². The van der Waals surface area contributed by atoms with E-state index in [0.29, 0.717) is 5.02 Å². The van der Waals surface area contributed by atoms with Gasteiger partial charge in [-0.05, 0) is 32.0 Å². The minimum Gasteiger partial charge on any atom is -0.399 e. The van der Waals surface area contributed by atoms with E-state index in [1.807, 2.05) is 32.0 Å². The van der Waals surface area contributed by atoms with Crippen LogP contribution in [-0.4, -0.2) is 14.8 Å². The third kappa shape index (κ3) is 1.67. The second-order valence-corrected chi connectivity index (χ2v) is 5.51. The van der Waals surface area contributed by atoms with Crippen molar-refractivity contribution >= 4 is 38.8 Å². The van der Waals surface area contributed by atoms with Gasteiger partial charge in [0.05, 0.1) is 26.6 Å². The standard InChI is InChI=1S/C12H11ClN4S/c1-6-11(13)7(2)17(16-6)12-15-9-4-3-8(14)5-10(9)18-12/h3-5H,14H2,1-2H3. The molecule has 0 saturated carbocycles. The number of aryl methyl sites for hydroxylation is 1. The molecular weight excluding hydrogens is 268 g/mol. The number of halogens is 1. The van der Waals surface area contributed by atoms with Crippen molar-refractivity contribution in [2.24, 2.45) is 0 Å². The molecule has 0 amide bonds. The SMILES string of the molecule is Cc1nn(-c2nc3ccc(N)cc3s2)c(C)c1Cl. The number of nitrogen functional groups attached to an aromatic ring is 1. The molecule has 0 bridgehead atoms. The summed E-state index contributed by atoms with van der Waals surface area (Å²) in [5, 5.41) is 5.90. The molecule has 0 radical (unpaired) electrons. The first kappa shape index (κ1) is 11.5. The zero-order valence-electron chi connectivity index (χ0n) is 9.94. The van der Waals surface area contributed by atoms with Gasteiger partial charge in [0.25, 0.3) is 0 Å². The van der Waals surface area contributed by atoms with Gasteiger partial charge in [-0.15, -0.1) is 0 Å². The number of anilines is 1. The Balaban J connectivity index is 2.22. The van der Waals surface area contributed by atoms with Crippen molar-refractivity contribution in [2.45, 2.75) is 13.8 Å². The van der Waals surface area contributed by atoms with E-state index >= 15 is 0 Å². The molecule has 0 aliphatic heterocycles. The van der Waals surface area contributed by atoms with Gasteiger partial charge in [-0.1, -0.05) is 22.9 Å². The number of fused-ring (bicyclic) bond motifs is 1. The Morgan fingerprint density at radius 1 is 1.33 bits per heavy atom. The highest BCUT2D eigenvalue weighted by Crippen LogP contribution is 2.29. The van der Waals surface area contributed by atoms with E-state index < -0.39 is 0 Å². The normalized spacial score (nSPS) is 11.3. The predicted molar refractivity (Wildman–Crippen MR) is 75.6 cm³/mol. The molecule has 6 heteroatoms. The van der Waals surface area contributed by atoms with Gasteiger partial charge in [0, 0.05) is 5.69 Å². The lowest BCUT2D eigenvalue weighted by Gasteiger charge is -1.96. The first-order valence-corrected chi connectivity index (χ1v) is 6.64. The fraction of sp³-hybridized carbons (Fsp3) is 0.167. The Morgan fingerprint density at radius 2 is 2.11 bits per heavy atom. The molecule has 3 rings (SSSR count). The topological polar surface area (TPSA) is 56.7 Å². The number of thiazole rings is 1. The summed E-state index contributed by atoms with van der Waals surface area (Å²) in [6.07, 6.45) is 0. The average molecular weight is 279 g/mol. The molecule has 2 heterocycles. The number of hydrogen-bond donors (Lipinski definition) is 1. The minimum atomic E-state index is 0.689. The van der Waals surface area contributed by atoms with Crippen molar-refractivity contribution in [3.8, 4) is 5.13 Å². The first-order valence-electron chi connectivity index (χ1n) is 5.44. The fourth-order valence-corrected chi connectivity index (χ4v) is 2.97. The smallest absolute Gasteiger partial charge is 0.211 e. The Morgan fingerprint density at radius 3 is 2.78 bits per heavy atom. The summed E-state index contributed by atoms with van der Waals surface area (Å²) >= 11 is 7.70. The summed E-state index contributed by atoms with van der Waals surface area (Å²) in [6.45, 7) is 3.82. The molecule has 0 fully saturated rings. The lowest BCUT2D eigenvalue weighted by atomic mass is 10.3. The quantitative estimate of drug-likeness (QED) is 0.695. The summed E-state index contributed by atoms with van der Waals surface area (Å²) in [6, 6.07) is 5.68. The third-order valence-electron chi connectivity index (χ3n) is 2.79. The van der Waals surface area contributed by atoms with Crippen LogP contribution in [0.15, 0.2) is 18.2 Å². The molecule has 0 aliphatic carbocycles. The summed E-state index contributed by atoms with van der Waals surface area (Å²) in [5.41, 5.74) is 9.15. The summed E-state index contributed by atoms with van der Waals surface area (Å²) in [7, 11) is 0. The molecule has 92 valence electrons. The highest BCUT2D eigenvalue weighted by molar-refractivity contribution is 7.20. The zero-order valence-corrected chi connectivity index (χ0v) is 11.5. The molecule has 0 aliphatic rings. The van der Waals surface area contributed by atoms with E-state index in [2.05, 4.69) is 10.1 Å². The monoisotopic (exact) mass is 278 g/mol. The zero-order chi connectivity index (χ0) is 12.9. The Labute approximate surface area is 113 Å². The van der Waals surface area contributed by atoms with E-state index in [0.717, 1.165) is 32.4 Å². The molecule has 2 aromatic heterocycles. The minimum absolute atomic E-state index is 0.689. The summed E-state index contributed by atoms with van der Waals surface area (Å²) in [5.74, 6) is 0. The van der Waals surface area contributed by atoms with Crippen molar-refractivity contribution in [1.29, 1.82) is 0 Å². The van der Waals surface area contributed by atoms with Gasteiger partial charge in [0.2, 0.25) is 5.13 Å². The van der Waals surface area contributed by atoms with Crippen molar-refractivity contribution in [3.05, 3.63) is 34.6 Å². The van der Waals surface area contributed by atoms with Crippen LogP contribution in [-0.2, 0) is 0 Å². The average Bonchev–Trinajstić information content (AvgIpc) is 2.85. The van der Waals surface area contributed by atoms with E-state index in [1.165, 1.54) is 0 Å². The van der Waals surface area contributed by atoms with Crippen LogP contribution < -0.4 is 5.73 Å². The van der Waals surface area contributed by atoms with Crippen LogP contribution >= 0.6 is 22.9 Å². The molecule has 2 N–H and O–H groups in total. The molecule has 1 aromatic carbocycles. The Hall–Kier alpha value is -1.59. The van der Waals surface area contributed by atoms with Gasteiger partial charge < -0.3 is 5.73 Å². The number of nitrogens with zero attached hydrogens (tertiary/aromatic N) is 3. The maximum atomic E-state index is 6.15. The molecule has 0 unspecified atom stereocenters. The largest absolute Gasteiger partial charge is 0.399 e. The number of benzene rings is 1. The van der Waals surface area contributed by atoms with E-state index in [9.17, 15) is 0 Å². The second-order valence-electron chi connectivity index (χ2n) is 4.12. The Kier molecular flexibility index (Phi) is 2.53. The lowest BCUT2D eigenvalue weighted by molar-refractivity contribution is 0.828. The summed E-state index contributed by atoms with van der Waals surface area (Å²) < 4.78 is 2.83. The molecule has 18 heavy (non-hydrogen) atoms. The van der Waals surface area contributed by atoms with Crippen LogP contribution in [0, 0.1) is 13.8 Å². The number of hydrogen-bond acceptors (Lipinski definition) is 4. The van der Waals surface area contributed by atoms with Gasteiger partial charge >= 0.3 is 0 Å². The molecule has 0 saturated heterocycles. The van der Waals surface area contributed by atoms with Gasteiger partial charge in [-0.2, -0.15) is 5.10 Å². The van der Waals surface area contributed by atoms with Crippen molar-refractivity contribution in [1.82, 2.24) is 14.8 Å². The van der Waals surface area contributed by atoms with Crippen molar-refractivity contribution < 1.29 is 0 Å². The second kappa shape index (κ2) is 3.96. The van der Waals surface area contributed by atoms with Crippen LogP contribution in [0.2, 0.25) is 5.02 Å². The van der Waals surface area contributed by atoms with Crippen molar-refractivity contribution in [2.75, 3.05) is 5.73 Å². The maximum absolute atomic E-state index is 6.15.